The number of para-hydroxylation sites is 1. The smallest absolute Gasteiger partial charge is 0.335 e. The Balaban J connectivity index is 3.10. The van der Waals surface area contributed by atoms with Gasteiger partial charge in [0, 0.05) is 6.08 Å². The quantitative estimate of drug-likeness (QED) is 0.482. The van der Waals surface area contributed by atoms with E-state index in [0.717, 1.165) is 0 Å². The normalized spacial score (nSPS) is 11.6. The molecule has 0 saturated carbocycles. The molecule has 0 radical (unpaired) electrons. The molecule has 0 aliphatic heterocycles. The average Bonchev–Trinajstić information content (AvgIpc) is 2.17. The summed E-state index contributed by atoms with van der Waals surface area (Å²) in [5.41, 5.74) is 0. The molecule has 1 rings (SSSR count). The number of hydrogen-bond donors (Lipinski definition) is 1. The van der Waals surface area contributed by atoms with Gasteiger partial charge in [-0.05, 0) is 19.1 Å². The first-order valence-corrected chi connectivity index (χ1v) is 5.96. The van der Waals surface area contributed by atoms with Gasteiger partial charge in [0.2, 0.25) is 10.0 Å². The molecule has 0 aliphatic carbocycles. The Morgan fingerprint density at radius 1 is 1.38 bits per heavy atom. The first kappa shape index (κ1) is 12.4. The van der Waals surface area contributed by atoms with Gasteiger partial charge in [0.25, 0.3) is 0 Å². The third-order valence-corrected chi connectivity index (χ3v) is 2.62. The van der Waals surface area contributed by atoms with Crippen molar-refractivity contribution < 1.29 is 17.9 Å². The SMILES string of the molecule is CC=CC(=O)Oc1ccccc1S(N)(=O)=O. The second-order valence-electron chi connectivity index (χ2n) is 2.91. The number of rotatable bonds is 3. The molecule has 0 unspecified atom stereocenters. The number of nitrogens with two attached hydrogens (primary N) is 1. The summed E-state index contributed by atoms with van der Waals surface area (Å²) in [6.45, 7) is 1.65. The zero-order valence-corrected chi connectivity index (χ0v) is 9.40. The number of benzene rings is 1. The molecule has 0 aliphatic rings. The molecule has 5 nitrogen and oxygen atoms in total. The van der Waals surface area contributed by atoms with E-state index in [9.17, 15) is 13.2 Å². The number of primary sulfonamides is 1. The van der Waals surface area contributed by atoms with Crippen molar-refractivity contribution in [2.24, 2.45) is 5.14 Å². The monoisotopic (exact) mass is 241 g/mol. The third kappa shape index (κ3) is 3.18. The molecule has 0 aromatic heterocycles. The van der Waals surface area contributed by atoms with Crippen molar-refractivity contribution in [1.82, 2.24) is 0 Å². The van der Waals surface area contributed by atoms with Gasteiger partial charge in [-0.2, -0.15) is 0 Å². The second-order valence-corrected chi connectivity index (χ2v) is 4.44. The molecule has 6 heteroatoms. The molecule has 2 N–H and O–H groups in total. The highest BCUT2D eigenvalue weighted by atomic mass is 32.2. The Bertz CT molecular complexity index is 519. The van der Waals surface area contributed by atoms with Gasteiger partial charge in [-0.1, -0.05) is 18.2 Å². The maximum atomic E-state index is 11.2. The highest BCUT2D eigenvalue weighted by Crippen LogP contribution is 2.21. The van der Waals surface area contributed by atoms with Crippen molar-refractivity contribution in [2.75, 3.05) is 0 Å². The molecular formula is C10H11NO4S. The number of sulfonamides is 1. The summed E-state index contributed by atoms with van der Waals surface area (Å²) in [6.07, 6.45) is 2.67. The molecule has 1 aromatic rings. The predicted molar refractivity (Wildman–Crippen MR) is 58.3 cm³/mol. The first-order chi connectivity index (χ1) is 7.45. The maximum absolute atomic E-state index is 11.2. The lowest BCUT2D eigenvalue weighted by atomic mass is 10.3. The van der Waals surface area contributed by atoms with Gasteiger partial charge in [0.1, 0.15) is 4.90 Å². The Labute approximate surface area is 93.6 Å². The Morgan fingerprint density at radius 2 is 2.00 bits per heavy atom. The molecule has 1 aromatic carbocycles. The minimum absolute atomic E-state index is 0.0758. The largest absolute Gasteiger partial charge is 0.422 e. The van der Waals surface area contributed by atoms with Crippen molar-refractivity contribution >= 4 is 16.0 Å². The van der Waals surface area contributed by atoms with Gasteiger partial charge < -0.3 is 4.74 Å². The van der Waals surface area contributed by atoms with E-state index in [1.54, 1.807) is 13.0 Å². The summed E-state index contributed by atoms with van der Waals surface area (Å²) in [7, 11) is -3.90. The summed E-state index contributed by atoms with van der Waals surface area (Å²) in [6, 6.07) is 5.68. The molecule has 0 heterocycles. The third-order valence-electron chi connectivity index (χ3n) is 1.67. The van der Waals surface area contributed by atoms with Crippen molar-refractivity contribution in [3.63, 3.8) is 0 Å². The van der Waals surface area contributed by atoms with Crippen LogP contribution in [0, 0.1) is 0 Å². The van der Waals surface area contributed by atoms with E-state index < -0.39 is 16.0 Å². The maximum Gasteiger partial charge on any atom is 0.335 e. The van der Waals surface area contributed by atoms with E-state index in [2.05, 4.69) is 0 Å². The first-order valence-electron chi connectivity index (χ1n) is 4.41. The van der Waals surface area contributed by atoms with Crippen molar-refractivity contribution in [3.8, 4) is 5.75 Å². The van der Waals surface area contributed by atoms with Gasteiger partial charge >= 0.3 is 5.97 Å². The Morgan fingerprint density at radius 3 is 2.56 bits per heavy atom. The molecular weight excluding hydrogens is 230 g/mol. The summed E-state index contributed by atoms with van der Waals surface area (Å²) in [5, 5.41) is 4.97. The fourth-order valence-electron chi connectivity index (χ4n) is 1.05. The van der Waals surface area contributed by atoms with E-state index in [4.69, 9.17) is 9.88 Å². The highest BCUT2D eigenvalue weighted by Gasteiger charge is 2.15. The molecule has 0 atom stereocenters. The van der Waals surface area contributed by atoms with Crippen molar-refractivity contribution in [3.05, 3.63) is 36.4 Å². The number of allylic oxidation sites excluding steroid dienone is 1. The van der Waals surface area contributed by atoms with Crippen LogP contribution in [0.5, 0.6) is 5.75 Å². The molecule has 0 spiro atoms. The van der Waals surface area contributed by atoms with Gasteiger partial charge in [-0.3, -0.25) is 0 Å². The lowest BCUT2D eigenvalue weighted by Crippen LogP contribution is -2.15. The minimum atomic E-state index is -3.90. The fourth-order valence-corrected chi connectivity index (χ4v) is 1.71. The number of hydrogen-bond acceptors (Lipinski definition) is 4. The van der Waals surface area contributed by atoms with Crippen LogP contribution < -0.4 is 9.88 Å². The summed E-state index contributed by atoms with van der Waals surface area (Å²) in [5.74, 6) is -0.730. The Hall–Kier alpha value is -1.66. The fraction of sp³-hybridized carbons (Fsp3) is 0.100. The van der Waals surface area contributed by atoms with Gasteiger partial charge in [-0.25, -0.2) is 18.4 Å². The number of ether oxygens (including phenoxy) is 1. The van der Waals surface area contributed by atoms with Crippen LogP contribution in [0.3, 0.4) is 0 Å². The molecule has 16 heavy (non-hydrogen) atoms. The zero-order valence-electron chi connectivity index (χ0n) is 8.58. The van der Waals surface area contributed by atoms with E-state index >= 15 is 0 Å². The van der Waals surface area contributed by atoms with Crippen LogP contribution in [0.15, 0.2) is 41.3 Å². The van der Waals surface area contributed by atoms with E-state index in [0.29, 0.717) is 0 Å². The van der Waals surface area contributed by atoms with E-state index in [1.165, 1.54) is 30.4 Å². The van der Waals surface area contributed by atoms with Crippen LogP contribution in [0.25, 0.3) is 0 Å². The Kier molecular flexibility index (Phi) is 3.81. The van der Waals surface area contributed by atoms with Crippen LogP contribution in [0.1, 0.15) is 6.92 Å². The van der Waals surface area contributed by atoms with Crippen LogP contribution in [0.4, 0.5) is 0 Å². The van der Waals surface area contributed by atoms with E-state index in [1.807, 2.05) is 0 Å². The predicted octanol–water partition coefficient (Wildman–Crippen LogP) is 0.816. The number of carbonyl (C=O) groups is 1. The lowest BCUT2D eigenvalue weighted by molar-refractivity contribution is -0.129. The topological polar surface area (TPSA) is 86.5 Å². The standard InChI is InChI=1S/C10H11NO4S/c1-2-5-10(12)15-8-6-3-4-7-9(8)16(11,13)14/h2-7H,1H3,(H2,11,13,14). The molecule has 0 fully saturated rings. The van der Waals surface area contributed by atoms with Gasteiger partial charge in [0.05, 0.1) is 0 Å². The molecule has 0 amide bonds. The van der Waals surface area contributed by atoms with Crippen LogP contribution >= 0.6 is 0 Å². The number of carbonyl (C=O) groups excluding carboxylic acids is 1. The molecule has 0 bridgehead atoms. The summed E-state index contributed by atoms with van der Waals surface area (Å²) >= 11 is 0. The molecule has 0 saturated heterocycles. The summed E-state index contributed by atoms with van der Waals surface area (Å²) in [4.78, 5) is 10.9. The summed E-state index contributed by atoms with van der Waals surface area (Å²) < 4.78 is 27.2. The second kappa shape index (κ2) is 4.91. The number of esters is 1. The lowest BCUT2D eigenvalue weighted by Gasteiger charge is -2.06. The zero-order chi connectivity index (χ0) is 12.2. The van der Waals surface area contributed by atoms with E-state index in [-0.39, 0.29) is 10.6 Å². The van der Waals surface area contributed by atoms with Gasteiger partial charge in [-0.15, -0.1) is 0 Å². The minimum Gasteiger partial charge on any atom is -0.422 e. The average molecular weight is 241 g/mol. The highest BCUT2D eigenvalue weighted by molar-refractivity contribution is 7.89. The van der Waals surface area contributed by atoms with Crippen LogP contribution in [0.2, 0.25) is 0 Å². The van der Waals surface area contributed by atoms with Crippen LogP contribution in [-0.2, 0) is 14.8 Å². The van der Waals surface area contributed by atoms with Gasteiger partial charge in [0.15, 0.2) is 5.75 Å². The van der Waals surface area contributed by atoms with Crippen molar-refractivity contribution in [2.45, 2.75) is 11.8 Å². The van der Waals surface area contributed by atoms with Crippen molar-refractivity contribution in [1.29, 1.82) is 0 Å². The van der Waals surface area contributed by atoms with Crippen LogP contribution in [-0.4, -0.2) is 14.4 Å². The molecule has 86 valence electrons.